The Labute approximate surface area is 122 Å². The van der Waals surface area contributed by atoms with Crippen LogP contribution in [0.4, 0.5) is 0 Å². The summed E-state index contributed by atoms with van der Waals surface area (Å²) in [6.07, 6.45) is 2.58. The molecule has 0 saturated carbocycles. The molecule has 1 aromatic heterocycles. The number of piperidine rings is 1. The van der Waals surface area contributed by atoms with Gasteiger partial charge in [0, 0.05) is 27.2 Å². The van der Waals surface area contributed by atoms with E-state index >= 15 is 0 Å². The molecule has 0 bridgehead atoms. The quantitative estimate of drug-likeness (QED) is 0.762. The van der Waals surface area contributed by atoms with E-state index in [0.717, 1.165) is 37.9 Å². The van der Waals surface area contributed by atoms with Gasteiger partial charge in [-0.2, -0.15) is 5.10 Å². The van der Waals surface area contributed by atoms with Crippen molar-refractivity contribution >= 4 is 0 Å². The predicted octanol–water partition coefficient (Wildman–Crippen LogP) is 1.18. The fourth-order valence-electron chi connectivity index (χ4n) is 2.87. The van der Waals surface area contributed by atoms with Crippen molar-refractivity contribution in [2.75, 3.05) is 39.9 Å². The van der Waals surface area contributed by atoms with Crippen LogP contribution in [0.1, 0.15) is 24.2 Å². The van der Waals surface area contributed by atoms with Crippen LogP contribution in [-0.2, 0) is 18.3 Å². The third kappa shape index (κ3) is 4.58. The van der Waals surface area contributed by atoms with Crippen LogP contribution in [-0.4, -0.2) is 54.6 Å². The number of hydrogen-bond donors (Lipinski definition) is 1. The van der Waals surface area contributed by atoms with Crippen LogP contribution in [0, 0.1) is 12.8 Å². The van der Waals surface area contributed by atoms with Crippen molar-refractivity contribution in [1.29, 1.82) is 0 Å². The van der Waals surface area contributed by atoms with E-state index in [4.69, 9.17) is 4.74 Å². The molecular formula is C15H28N4O. The SMILES string of the molecule is COCCNCC1CCN(Cc2cc(C)nn2C)CC1. The molecule has 114 valence electrons. The molecule has 0 aromatic carbocycles. The minimum Gasteiger partial charge on any atom is -0.383 e. The topological polar surface area (TPSA) is 42.3 Å². The van der Waals surface area contributed by atoms with Crippen molar-refractivity contribution in [3.05, 3.63) is 17.5 Å². The molecule has 5 nitrogen and oxygen atoms in total. The summed E-state index contributed by atoms with van der Waals surface area (Å²) in [6, 6.07) is 2.19. The molecule has 0 aliphatic carbocycles. The highest BCUT2D eigenvalue weighted by molar-refractivity contribution is 5.08. The van der Waals surface area contributed by atoms with Crippen LogP contribution in [0.3, 0.4) is 0 Å². The highest BCUT2D eigenvalue weighted by Crippen LogP contribution is 2.18. The lowest BCUT2D eigenvalue weighted by Crippen LogP contribution is -2.37. The Hall–Kier alpha value is -0.910. The Balaban J connectivity index is 1.68. The number of rotatable bonds is 7. The summed E-state index contributed by atoms with van der Waals surface area (Å²) in [7, 11) is 3.79. The standard InChI is InChI=1S/C15H28N4O/c1-13-10-15(18(2)17-13)12-19-7-4-14(5-8-19)11-16-6-9-20-3/h10,14,16H,4-9,11-12H2,1-3H3. The van der Waals surface area contributed by atoms with Gasteiger partial charge in [-0.1, -0.05) is 0 Å². The molecule has 0 atom stereocenters. The maximum Gasteiger partial charge on any atom is 0.0597 e. The number of nitrogens with one attached hydrogen (secondary N) is 1. The molecule has 0 radical (unpaired) electrons. The molecule has 1 aromatic rings. The summed E-state index contributed by atoms with van der Waals surface area (Å²) in [5.74, 6) is 0.816. The number of likely N-dealkylation sites (tertiary alicyclic amines) is 1. The summed E-state index contributed by atoms with van der Waals surface area (Å²) in [6.45, 7) is 8.37. The highest BCUT2D eigenvalue weighted by Gasteiger charge is 2.19. The van der Waals surface area contributed by atoms with Gasteiger partial charge in [-0.15, -0.1) is 0 Å². The van der Waals surface area contributed by atoms with E-state index in [1.165, 1.54) is 31.6 Å². The minimum atomic E-state index is 0.804. The Morgan fingerprint density at radius 3 is 2.75 bits per heavy atom. The number of aryl methyl sites for hydroxylation is 2. The largest absolute Gasteiger partial charge is 0.383 e. The number of methoxy groups -OCH3 is 1. The lowest BCUT2D eigenvalue weighted by atomic mass is 9.96. The van der Waals surface area contributed by atoms with Crippen molar-refractivity contribution in [1.82, 2.24) is 20.0 Å². The second-order valence-corrected chi connectivity index (χ2v) is 5.82. The van der Waals surface area contributed by atoms with Crippen LogP contribution < -0.4 is 5.32 Å². The molecule has 1 saturated heterocycles. The first-order valence-electron chi connectivity index (χ1n) is 7.60. The van der Waals surface area contributed by atoms with Gasteiger partial charge in [-0.3, -0.25) is 9.58 Å². The Kier molecular flexibility index (Phi) is 6.01. The van der Waals surface area contributed by atoms with Gasteiger partial charge in [-0.25, -0.2) is 0 Å². The molecule has 2 rings (SSSR count). The third-order valence-electron chi connectivity index (χ3n) is 4.11. The summed E-state index contributed by atoms with van der Waals surface area (Å²) in [4.78, 5) is 2.54. The second-order valence-electron chi connectivity index (χ2n) is 5.82. The average Bonchev–Trinajstić information content (AvgIpc) is 2.75. The van der Waals surface area contributed by atoms with Crippen LogP contribution >= 0.6 is 0 Å². The molecule has 0 spiro atoms. The Morgan fingerprint density at radius 2 is 2.15 bits per heavy atom. The van der Waals surface area contributed by atoms with E-state index in [0.29, 0.717) is 0 Å². The highest BCUT2D eigenvalue weighted by atomic mass is 16.5. The van der Waals surface area contributed by atoms with E-state index in [1.807, 2.05) is 11.7 Å². The van der Waals surface area contributed by atoms with E-state index < -0.39 is 0 Å². The minimum absolute atomic E-state index is 0.804. The maximum atomic E-state index is 5.05. The molecule has 20 heavy (non-hydrogen) atoms. The summed E-state index contributed by atoms with van der Waals surface area (Å²) >= 11 is 0. The van der Waals surface area contributed by atoms with Crippen LogP contribution in [0.5, 0.6) is 0 Å². The lowest BCUT2D eigenvalue weighted by molar-refractivity contribution is 0.165. The number of hydrogen-bond acceptors (Lipinski definition) is 4. The predicted molar refractivity (Wildman–Crippen MR) is 80.7 cm³/mol. The van der Waals surface area contributed by atoms with E-state index in [1.54, 1.807) is 7.11 Å². The van der Waals surface area contributed by atoms with E-state index in [2.05, 4.69) is 28.3 Å². The first kappa shape index (κ1) is 15.5. The molecular weight excluding hydrogens is 252 g/mol. The molecule has 1 aliphatic heterocycles. The zero-order valence-electron chi connectivity index (χ0n) is 13.1. The number of ether oxygens (including phenoxy) is 1. The first-order valence-corrected chi connectivity index (χ1v) is 7.60. The van der Waals surface area contributed by atoms with E-state index in [-0.39, 0.29) is 0 Å². The van der Waals surface area contributed by atoms with Crippen molar-refractivity contribution < 1.29 is 4.74 Å². The Morgan fingerprint density at radius 1 is 1.40 bits per heavy atom. The first-order chi connectivity index (χ1) is 9.69. The third-order valence-corrected chi connectivity index (χ3v) is 4.11. The zero-order chi connectivity index (χ0) is 14.4. The Bertz CT molecular complexity index is 397. The fourth-order valence-corrected chi connectivity index (χ4v) is 2.87. The molecule has 0 amide bonds. The molecule has 0 unspecified atom stereocenters. The normalized spacial score (nSPS) is 17.8. The van der Waals surface area contributed by atoms with E-state index in [9.17, 15) is 0 Å². The molecule has 5 heteroatoms. The molecule has 1 aliphatic rings. The summed E-state index contributed by atoms with van der Waals surface area (Å²) in [5.41, 5.74) is 2.43. The van der Waals surface area contributed by atoms with Crippen LogP contribution in [0.2, 0.25) is 0 Å². The van der Waals surface area contributed by atoms with Crippen molar-refractivity contribution in [3.8, 4) is 0 Å². The lowest BCUT2D eigenvalue weighted by Gasteiger charge is -2.32. The summed E-state index contributed by atoms with van der Waals surface area (Å²) in [5, 5.41) is 7.89. The van der Waals surface area contributed by atoms with Crippen LogP contribution in [0.15, 0.2) is 6.07 Å². The van der Waals surface area contributed by atoms with Gasteiger partial charge >= 0.3 is 0 Å². The smallest absolute Gasteiger partial charge is 0.0597 e. The molecule has 1 fully saturated rings. The number of nitrogens with zero attached hydrogens (tertiary/aromatic N) is 3. The second kappa shape index (κ2) is 7.76. The van der Waals surface area contributed by atoms with Crippen LogP contribution in [0.25, 0.3) is 0 Å². The molecule has 2 heterocycles. The van der Waals surface area contributed by atoms with Gasteiger partial charge in [0.15, 0.2) is 0 Å². The van der Waals surface area contributed by atoms with Gasteiger partial charge < -0.3 is 10.1 Å². The van der Waals surface area contributed by atoms with Crippen molar-refractivity contribution in [2.45, 2.75) is 26.3 Å². The van der Waals surface area contributed by atoms with Gasteiger partial charge in [0.1, 0.15) is 0 Å². The summed E-state index contributed by atoms with van der Waals surface area (Å²) < 4.78 is 7.06. The number of aromatic nitrogens is 2. The fraction of sp³-hybridized carbons (Fsp3) is 0.800. The van der Waals surface area contributed by atoms with Gasteiger partial charge in [0.05, 0.1) is 18.0 Å². The molecule has 1 N–H and O–H groups in total. The van der Waals surface area contributed by atoms with Crippen molar-refractivity contribution in [3.63, 3.8) is 0 Å². The van der Waals surface area contributed by atoms with Crippen molar-refractivity contribution in [2.24, 2.45) is 13.0 Å². The zero-order valence-corrected chi connectivity index (χ0v) is 13.1. The van der Waals surface area contributed by atoms with Gasteiger partial charge in [-0.05, 0) is 51.4 Å². The maximum absolute atomic E-state index is 5.05. The van der Waals surface area contributed by atoms with Gasteiger partial charge in [0.25, 0.3) is 0 Å². The average molecular weight is 280 g/mol. The van der Waals surface area contributed by atoms with Gasteiger partial charge in [0.2, 0.25) is 0 Å². The monoisotopic (exact) mass is 280 g/mol.